The van der Waals surface area contributed by atoms with Crippen LogP contribution in [-0.4, -0.2) is 4.57 Å². The normalized spacial score (nSPS) is 11.0. The molecular weight excluding hydrogens is 280 g/mol. The highest BCUT2D eigenvalue weighted by Crippen LogP contribution is 2.10. The first-order valence-electron chi connectivity index (χ1n) is 9.46. The number of aryl methyl sites for hydroxylation is 1. The van der Waals surface area contributed by atoms with E-state index in [0.29, 0.717) is 0 Å². The average molecular weight is 314 g/mol. The minimum atomic E-state index is 0.990. The minimum Gasteiger partial charge on any atom is -0.234 e. The first-order valence-corrected chi connectivity index (χ1v) is 9.46. The number of aromatic nitrogens is 2. The summed E-state index contributed by atoms with van der Waals surface area (Å²) in [5.41, 5.74) is 1.39. The molecule has 0 N–H and O–H groups in total. The Balaban J connectivity index is 2.02. The molecule has 0 aliphatic rings. The van der Waals surface area contributed by atoms with Gasteiger partial charge < -0.3 is 0 Å². The molecule has 2 nitrogen and oxygen atoms in total. The lowest BCUT2D eigenvalue weighted by Crippen LogP contribution is -2.37. The largest absolute Gasteiger partial charge is 0.256 e. The summed E-state index contributed by atoms with van der Waals surface area (Å²) < 4.78 is 4.93. The first kappa shape index (κ1) is 17.8. The van der Waals surface area contributed by atoms with Crippen LogP contribution in [-0.2, 0) is 19.5 Å². The van der Waals surface area contributed by atoms with E-state index >= 15 is 0 Å². The molecule has 0 aliphatic carbocycles. The molecule has 2 heteroatoms. The predicted octanol–water partition coefficient (Wildman–Crippen LogP) is 5.14. The van der Waals surface area contributed by atoms with Gasteiger partial charge in [-0.1, -0.05) is 76.3 Å². The number of unbranched alkanes of at least 4 members (excludes halogenated alkanes) is 5. The van der Waals surface area contributed by atoms with Gasteiger partial charge in [-0.15, -0.1) is 0 Å². The van der Waals surface area contributed by atoms with Crippen molar-refractivity contribution in [2.75, 3.05) is 0 Å². The third-order valence-corrected chi connectivity index (χ3v) is 4.54. The second-order valence-electron chi connectivity index (χ2n) is 6.54. The van der Waals surface area contributed by atoms with E-state index in [0.717, 1.165) is 13.1 Å². The molecule has 23 heavy (non-hydrogen) atoms. The highest BCUT2D eigenvalue weighted by Gasteiger charge is 2.16. The molecule has 1 heterocycles. The fourth-order valence-electron chi connectivity index (χ4n) is 3.13. The van der Waals surface area contributed by atoms with E-state index in [4.69, 9.17) is 0 Å². The Morgan fingerprint density at radius 3 is 2.35 bits per heavy atom. The van der Waals surface area contributed by atoms with Crippen molar-refractivity contribution in [1.82, 2.24) is 4.57 Å². The molecule has 0 amide bonds. The molecule has 0 atom stereocenters. The standard InChI is InChI=1S/C21H33N2/c1-3-5-7-8-12-15-21-22(16-6-4-2)17-18-23(21)19-20-13-10-9-11-14-20/h9-11,13-14,17-18H,3-8,12,15-16,19H2,1-2H3/q+1. The zero-order valence-corrected chi connectivity index (χ0v) is 15.0. The van der Waals surface area contributed by atoms with Crippen molar-refractivity contribution in [2.45, 2.75) is 78.3 Å². The van der Waals surface area contributed by atoms with Crippen LogP contribution in [0.15, 0.2) is 42.7 Å². The average Bonchev–Trinajstić information content (AvgIpc) is 2.95. The van der Waals surface area contributed by atoms with Crippen LogP contribution in [0.1, 0.15) is 70.2 Å². The third kappa shape index (κ3) is 5.85. The second kappa shape index (κ2) is 10.3. The van der Waals surface area contributed by atoms with Gasteiger partial charge in [0.05, 0.1) is 6.54 Å². The Labute approximate surface area is 142 Å². The molecule has 126 valence electrons. The summed E-state index contributed by atoms with van der Waals surface area (Å²) in [6.45, 7) is 6.70. The summed E-state index contributed by atoms with van der Waals surface area (Å²) in [5, 5.41) is 0. The van der Waals surface area contributed by atoms with Gasteiger partial charge in [-0.05, 0) is 18.4 Å². The Kier molecular flexibility index (Phi) is 7.92. The summed E-state index contributed by atoms with van der Waals surface area (Å²) >= 11 is 0. The molecule has 0 spiro atoms. The van der Waals surface area contributed by atoms with Gasteiger partial charge in [0, 0.05) is 6.42 Å². The molecule has 2 rings (SSSR count). The van der Waals surface area contributed by atoms with Crippen molar-refractivity contribution in [3.63, 3.8) is 0 Å². The molecular formula is C21H33N2+. The Morgan fingerprint density at radius 2 is 1.61 bits per heavy atom. The molecule has 1 aromatic carbocycles. The van der Waals surface area contributed by atoms with Crippen LogP contribution in [0.5, 0.6) is 0 Å². The molecule has 1 aromatic heterocycles. The Hall–Kier alpha value is -1.57. The van der Waals surface area contributed by atoms with Crippen molar-refractivity contribution in [3.8, 4) is 0 Å². The van der Waals surface area contributed by atoms with E-state index < -0.39 is 0 Å². The molecule has 0 unspecified atom stereocenters. The van der Waals surface area contributed by atoms with Crippen molar-refractivity contribution >= 4 is 0 Å². The highest BCUT2D eigenvalue weighted by molar-refractivity contribution is 5.15. The van der Waals surface area contributed by atoms with E-state index in [1.165, 1.54) is 62.8 Å². The number of imidazole rings is 1. The maximum absolute atomic E-state index is 2.48. The summed E-state index contributed by atoms with van der Waals surface area (Å²) in [6, 6.07) is 10.8. The first-order chi connectivity index (χ1) is 11.3. The van der Waals surface area contributed by atoms with Gasteiger partial charge in [0.2, 0.25) is 0 Å². The van der Waals surface area contributed by atoms with Gasteiger partial charge in [0.1, 0.15) is 18.9 Å². The smallest absolute Gasteiger partial charge is 0.234 e. The summed E-state index contributed by atoms with van der Waals surface area (Å²) in [6.07, 6.45) is 15.0. The maximum atomic E-state index is 2.48. The summed E-state index contributed by atoms with van der Waals surface area (Å²) in [4.78, 5) is 0. The van der Waals surface area contributed by atoms with Gasteiger partial charge >= 0.3 is 0 Å². The molecule has 0 radical (unpaired) electrons. The maximum Gasteiger partial charge on any atom is 0.256 e. The van der Waals surface area contributed by atoms with Crippen molar-refractivity contribution in [3.05, 3.63) is 54.1 Å². The molecule has 0 saturated carbocycles. The van der Waals surface area contributed by atoms with Crippen LogP contribution in [0.4, 0.5) is 0 Å². The number of rotatable bonds is 11. The van der Waals surface area contributed by atoms with Gasteiger partial charge in [0.25, 0.3) is 5.82 Å². The van der Waals surface area contributed by atoms with Crippen LogP contribution < -0.4 is 4.57 Å². The lowest BCUT2D eigenvalue weighted by atomic mass is 10.1. The van der Waals surface area contributed by atoms with Crippen molar-refractivity contribution < 1.29 is 4.57 Å². The quantitative estimate of drug-likeness (QED) is 0.401. The molecule has 2 aromatic rings. The lowest BCUT2D eigenvalue weighted by Gasteiger charge is -2.06. The lowest BCUT2D eigenvalue weighted by molar-refractivity contribution is -0.704. The zero-order chi connectivity index (χ0) is 16.3. The minimum absolute atomic E-state index is 0.990. The third-order valence-electron chi connectivity index (χ3n) is 4.54. The van der Waals surface area contributed by atoms with E-state index in [1.807, 2.05) is 0 Å². The Morgan fingerprint density at radius 1 is 0.870 bits per heavy atom. The zero-order valence-electron chi connectivity index (χ0n) is 15.0. The van der Waals surface area contributed by atoms with Crippen LogP contribution in [0.2, 0.25) is 0 Å². The molecule has 0 aliphatic heterocycles. The van der Waals surface area contributed by atoms with Crippen LogP contribution >= 0.6 is 0 Å². The monoisotopic (exact) mass is 313 g/mol. The van der Waals surface area contributed by atoms with Crippen molar-refractivity contribution in [1.29, 1.82) is 0 Å². The molecule has 0 saturated heterocycles. The fraction of sp³-hybridized carbons (Fsp3) is 0.571. The number of benzene rings is 1. The van der Waals surface area contributed by atoms with Crippen molar-refractivity contribution in [2.24, 2.45) is 0 Å². The van der Waals surface area contributed by atoms with Crippen LogP contribution in [0.25, 0.3) is 0 Å². The van der Waals surface area contributed by atoms with Crippen LogP contribution in [0.3, 0.4) is 0 Å². The van der Waals surface area contributed by atoms with Gasteiger partial charge in [0.15, 0.2) is 0 Å². The molecule has 0 bridgehead atoms. The van der Waals surface area contributed by atoms with Crippen LogP contribution in [0, 0.1) is 0 Å². The SMILES string of the molecule is CCCCCCCc1n(Cc2ccccc2)cc[n+]1CCCC. The summed E-state index contributed by atoms with van der Waals surface area (Å²) in [5.74, 6) is 1.50. The molecule has 0 fully saturated rings. The van der Waals surface area contributed by atoms with E-state index in [-0.39, 0.29) is 0 Å². The number of nitrogens with zero attached hydrogens (tertiary/aromatic N) is 2. The summed E-state index contributed by atoms with van der Waals surface area (Å²) in [7, 11) is 0. The topological polar surface area (TPSA) is 8.81 Å². The van der Waals surface area contributed by atoms with Gasteiger partial charge in [-0.25, -0.2) is 9.13 Å². The fourth-order valence-corrected chi connectivity index (χ4v) is 3.13. The number of hydrogen-bond acceptors (Lipinski definition) is 0. The number of hydrogen-bond donors (Lipinski definition) is 0. The van der Waals surface area contributed by atoms with E-state index in [1.54, 1.807) is 0 Å². The highest BCUT2D eigenvalue weighted by atomic mass is 15.1. The van der Waals surface area contributed by atoms with Gasteiger partial charge in [-0.2, -0.15) is 0 Å². The van der Waals surface area contributed by atoms with E-state index in [2.05, 4.69) is 65.7 Å². The Bertz CT molecular complexity index is 542. The predicted molar refractivity (Wildman–Crippen MR) is 97.5 cm³/mol. The van der Waals surface area contributed by atoms with Gasteiger partial charge in [-0.3, -0.25) is 0 Å². The second-order valence-corrected chi connectivity index (χ2v) is 6.54. The van der Waals surface area contributed by atoms with E-state index in [9.17, 15) is 0 Å².